The zero-order valence-electron chi connectivity index (χ0n) is 18.5. The first-order valence-electron chi connectivity index (χ1n) is 11.2. The summed E-state index contributed by atoms with van der Waals surface area (Å²) < 4.78 is 27.7. The maximum Gasteiger partial charge on any atom is 0.263 e. The fraction of sp³-hybridized carbons (Fsp3) is 0.240. The molecular formula is C25H24N4O3S2. The molecule has 1 aliphatic carbocycles. The highest BCUT2D eigenvalue weighted by Crippen LogP contribution is 2.36. The summed E-state index contributed by atoms with van der Waals surface area (Å²) in [6.45, 7) is 0. The second-order valence-corrected chi connectivity index (χ2v) is 11.1. The molecule has 1 aliphatic rings. The number of fused-ring (bicyclic) bond motifs is 2. The van der Waals surface area contributed by atoms with Crippen LogP contribution in [-0.2, 0) is 22.9 Å². The van der Waals surface area contributed by atoms with Gasteiger partial charge < -0.3 is 5.73 Å². The number of aryl methyl sites for hydroxylation is 2. The van der Waals surface area contributed by atoms with Gasteiger partial charge in [-0.1, -0.05) is 18.9 Å². The van der Waals surface area contributed by atoms with Gasteiger partial charge in [0.05, 0.1) is 10.6 Å². The third-order valence-corrected chi connectivity index (χ3v) is 8.52. The lowest BCUT2D eigenvalue weighted by Crippen LogP contribution is -2.14. The quantitative estimate of drug-likeness (QED) is 0.380. The summed E-state index contributed by atoms with van der Waals surface area (Å²) in [6, 6.07) is 12.9. The number of nitrogen functional groups attached to an aromatic ring is 1. The molecule has 0 amide bonds. The second kappa shape index (κ2) is 9.15. The van der Waals surface area contributed by atoms with E-state index in [2.05, 4.69) is 15.8 Å². The molecule has 1 aromatic carbocycles. The lowest BCUT2D eigenvalue weighted by molar-refractivity contribution is 0.104. The Morgan fingerprint density at radius 1 is 1.00 bits per heavy atom. The number of ketones is 1. The topological polar surface area (TPSA) is 115 Å². The van der Waals surface area contributed by atoms with Gasteiger partial charge in [-0.15, -0.1) is 11.3 Å². The Morgan fingerprint density at radius 3 is 2.50 bits per heavy atom. The van der Waals surface area contributed by atoms with Crippen molar-refractivity contribution in [3.8, 4) is 0 Å². The van der Waals surface area contributed by atoms with Gasteiger partial charge in [-0.05, 0) is 73.7 Å². The predicted molar refractivity (Wildman–Crippen MR) is 135 cm³/mol. The molecule has 9 heteroatoms. The summed E-state index contributed by atoms with van der Waals surface area (Å²) in [7, 11) is -3.82. The predicted octanol–water partition coefficient (Wildman–Crippen LogP) is 4.96. The molecule has 0 unspecified atom stereocenters. The lowest BCUT2D eigenvalue weighted by Gasteiger charge is -2.12. The number of hydrogen-bond donors (Lipinski definition) is 2. The summed E-state index contributed by atoms with van der Waals surface area (Å²) in [5, 5.41) is 0.825. The molecule has 0 bridgehead atoms. The van der Waals surface area contributed by atoms with Crippen molar-refractivity contribution < 1.29 is 13.2 Å². The van der Waals surface area contributed by atoms with Crippen LogP contribution in [-0.4, -0.2) is 24.2 Å². The van der Waals surface area contributed by atoms with E-state index in [0.29, 0.717) is 16.1 Å². The normalized spacial score (nSPS) is 14.2. The fourth-order valence-electron chi connectivity index (χ4n) is 4.22. The lowest BCUT2D eigenvalue weighted by atomic mass is 9.96. The van der Waals surface area contributed by atoms with Gasteiger partial charge in [0.15, 0.2) is 0 Å². The molecule has 174 valence electrons. The van der Waals surface area contributed by atoms with Crippen molar-refractivity contribution in [1.82, 2.24) is 9.97 Å². The zero-order chi connectivity index (χ0) is 23.7. The van der Waals surface area contributed by atoms with Crippen LogP contribution in [0.15, 0.2) is 59.6 Å². The second-order valence-electron chi connectivity index (χ2n) is 8.38. The number of aromatic nitrogens is 2. The van der Waals surface area contributed by atoms with Crippen LogP contribution in [0.3, 0.4) is 0 Å². The van der Waals surface area contributed by atoms with E-state index in [1.807, 2.05) is 0 Å². The summed E-state index contributed by atoms with van der Waals surface area (Å²) >= 11 is 1.30. The number of rotatable bonds is 5. The van der Waals surface area contributed by atoms with E-state index in [1.165, 1.54) is 60.2 Å². The summed E-state index contributed by atoms with van der Waals surface area (Å²) in [5.74, 6) is -0.0168. The van der Waals surface area contributed by atoms with Crippen LogP contribution in [0.25, 0.3) is 10.2 Å². The monoisotopic (exact) mass is 492 g/mol. The van der Waals surface area contributed by atoms with Crippen LogP contribution in [0.1, 0.15) is 52.2 Å². The number of sulfonamides is 1. The standard InChI is InChI=1S/C25H24N4O3S2/c26-22-19-15-17-7-3-1-2-4-8-20(17)28-25(19)33-24(22)23(30)16-10-12-18(13-11-16)34(31,32)29-21-9-5-6-14-27-21/h5-6,9-15H,1-4,7-8,26H2,(H,27,29). The zero-order valence-corrected chi connectivity index (χ0v) is 20.1. The molecule has 0 saturated carbocycles. The van der Waals surface area contributed by atoms with Crippen molar-refractivity contribution in [1.29, 1.82) is 0 Å². The highest BCUT2D eigenvalue weighted by molar-refractivity contribution is 7.92. The number of benzene rings is 1. The minimum absolute atomic E-state index is 0.0421. The third-order valence-electron chi connectivity index (χ3n) is 6.04. The maximum atomic E-state index is 13.2. The van der Waals surface area contributed by atoms with E-state index in [1.54, 1.807) is 18.2 Å². The van der Waals surface area contributed by atoms with E-state index in [9.17, 15) is 13.2 Å². The van der Waals surface area contributed by atoms with Crippen molar-refractivity contribution in [2.75, 3.05) is 10.5 Å². The largest absolute Gasteiger partial charge is 0.397 e. The van der Waals surface area contributed by atoms with Crippen LogP contribution in [0.4, 0.5) is 11.5 Å². The van der Waals surface area contributed by atoms with Gasteiger partial charge in [0.1, 0.15) is 15.5 Å². The smallest absolute Gasteiger partial charge is 0.263 e. The first-order valence-corrected chi connectivity index (χ1v) is 13.5. The van der Waals surface area contributed by atoms with Crippen LogP contribution >= 0.6 is 11.3 Å². The van der Waals surface area contributed by atoms with Gasteiger partial charge in [0, 0.05) is 22.8 Å². The maximum absolute atomic E-state index is 13.2. The van der Waals surface area contributed by atoms with Crippen molar-refractivity contribution in [3.63, 3.8) is 0 Å². The van der Waals surface area contributed by atoms with Crippen LogP contribution < -0.4 is 10.5 Å². The minimum Gasteiger partial charge on any atom is -0.397 e. The highest BCUT2D eigenvalue weighted by Gasteiger charge is 2.22. The van der Waals surface area contributed by atoms with Gasteiger partial charge in [-0.3, -0.25) is 9.52 Å². The van der Waals surface area contributed by atoms with E-state index < -0.39 is 10.0 Å². The van der Waals surface area contributed by atoms with Gasteiger partial charge in [0.2, 0.25) is 5.78 Å². The van der Waals surface area contributed by atoms with Crippen LogP contribution in [0.5, 0.6) is 0 Å². The Hall–Kier alpha value is -3.30. The molecule has 0 saturated heterocycles. The number of anilines is 2. The van der Waals surface area contributed by atoms with Crippen molar-refractivity contribution in [3.05, 3.63) is 76.4 Å². The molecule has 4 aromatic rings. The average Bonchev–Trinajstić information content (AvgIpc) is 3.14. The fourth-order valence-corrected chi connectivity index (χ4v) is 6.28. The van der Waals surface area contributed by atoms with Gasteiger partial charge in [-0.25, -0.2) is 18.4 Å². The molecule has 0 atom stereocenters. The third kappa shape index (κ3) is 4.41. The number of pyridine rings is 2. The molecule has 0 spiro atoms. The Bertz CT molecular complexity index is 1460. The average molecular weight is 493 g/mol. The first kappa shape index (κ1) is 22.5. The summed E-state index contributed by atoms with van der Waals surface area (Å²) in [4.78, 5) is 23.3. The molecule has 7 nitrogen and oxygen atoms in total. The van der Waals surface area contributed by atoms with E-state index in [0.717, 1.165) is 41.6 Å². The first-order chi connectivity index (χ1) is 16.4. The summed E-state index contributed by atoms with van der Waals surface area (Å²) in [5.41, 5.74) is 9.55. The number of thiophene rings is 1. The number of hydrogen-bond acceptors (Lipinski definition) is 7. The van der Waals surface area contributed by atoms with Crippen molar-refractivity contribution >= 4 is 48.9 Å². The van der Waals surface area contributed by atoms with E-state index >= 15 is 0 Å². The van der Waals surface area contributed by atoms with E-state index in [-0.39, 0.29) is 16.5 Å². The molecule has 5 rings (SSSR count). The van der Waals surface area contributed by atoms with Gasteiger partial charge in [0.25, 0.3) is 10.0 Å². The number of carbonyl (C=O) groups excluding carboxylic acids is 1. The number of nitrogens with one attached hydrogen (secondary N) is 1. The number of carbonyl (C=O) groups is 1. The Morgan fingerprint density at radius 2 is 1.76 bits per heavy atom. The molecule has 3 aromatic heterocycles. The molecule has 3 N–H and O–H groups in total. The van der Waals surface area contributed by atoms with Gasteiger partial charge >= 0.3 is 0 Å². The summed E-state index contributed by atoms with van der Waals surface area (Å²) in [6.07, 6.45) is 8.16. The highest BCUT2D eigenvalue weighted by atomic mass is 32.2. The van der Waals surface area contributed by atoms with Crippen LogP contribution in [0, 0.1) is 0 Å². The Labute approximate surface area is 202 Å². The molecular weight excluding hydrogens is 468 g/mol. The Balaban J connectivity index is 1.43. The molecule has 0 aliphatic heterocycles. The number of nitrogens with two attached hydrogens (primary N) is 1. The van der Waals surface area contributed by atoms with Crippen molar-refractivity contribution in [2.24, 2.45) is 0 Å². The molecule has 0 radical (unpaired) electrons. The minimum atomic E-state index is -3.82. The van der Waals surface area contributed by atoms with Crippen molar-refractivity contribution in [2.45, 2.75) is 43.4 Å². The SMILES string of the molecule is Nc1c(C(=O)c2ccc(S(=O)(=O)Nc3ccccn3)cc2)sc2nc3c(cc12)CCCCCC3. The number of nitrogens with zero attached hydrogens (tertiary/aromatic N) is 2. The molecule has 0 fully saturated rings. The molecule has 34 heavy (non-hydrogen) atoms. The van der Waals surface area contributed by atoms with E-state index in [4.69, 9.17) is 10.7 Å². The molecule has 3 heterocycles. The van der Waals surface area contributed by atoms with Gasteiger partial charge in [-0.2, -0.15) is 0 Å². The van der Waals surface area contributed by atoms with Crippen LogP contribution in [0.2, 0.25) is 0 Å². The Kier molecular flexibility index (Phi) is 6.05.